The van der Waals surface area contributed by atoms with Gasteiger partial charge in [0.15, 0.2) is 0 Å². The van der Waals surface area contributed by atoms with Gasteiger partial charge in [-0.1, -0.05) is 322 Å². The Kier molecular flexibility index (Phi) is 61.3. The van der Waals surface area contributed by atoms with Gasteiger partial charge in [0.25, 0.3) is 0 Å². The van der Waals surface area contributed by atoms with Crippen molar-refractivity contribution in [3.05, 3.63) is 231 Å². The summed E-state index contributed by atoms with van der Waals surface area (Å²) in [5, 5.41) is 130. The van der Waals surface area contributed by atoms with E-state index in [2.05, 4.69) is 117 Å². The molecule has 0 atom stereocenters. The SMILES string of the molecule is CC(C)(C)c1cc(CC(=O)[O-])cc(C(C)(C)C)c1O.CC(C)(C)c1cc(CCC(=O)[O-])cc(C(C)(C)C)c1O.CC(C)(C)c1cc(CCS(=O)(=O)[O-])cc(C(C)(C)C)c1O.CC(C)(C)c1cc(CS(=O)(=O)[O-])cc(C(C)(C)C)c1O.Cc1cc(O)c(C(C)(C)C)cc1C(CCCC(=O)[O-])c1cc(C(C)(C)C)c(O)cc1C.Cc1cc(O)c(C(C)(C)C)cc1C(CCCSOO[O-])c1cc(C(C)(C)C)c(O)cc1C.[Na+].[Na+].[Na+].[Na+].[Na+].[Na+]. The van der Waals surface area contributed by atoms with Crippen LogP contribution in [0.2, 0.25) is 0 Å². The molecule has 8 rings (SSSR count). The fourth-order valence-corrected chi connectivity index (χ4v) is 18.7. The molecule has 800 valence electrons. The topological polar surface area (TPSA) is 438 Å². The molecule has 0 aliphatic heterocycles. The minimum absolute atomic E-state index is 0. The standard InChI is InChI=1S/C27H38O4.C26H38O5S.C17H26O3.C16H26O4S.C16H24O3.C15H24O4S.6Na/c1-16-12-23(28)21(26(3,4)5)14-19(16)18(10-9-11-25(30)31)20-15-22(27(6,7)8)24(29)13-17(20)2;1-16-12-23(27)21(25(3,4)5)14-19(16)18(10-9-11-32-31-30-29)20-15-22(26(6,7)8)24(28)13-17(20)2;1-16(2,3)12-9-11(7-8-14(18)19)10-13(15(12)20)17(4,5)6;1-15(2,3)12-9-11(7-8-21(18,19)20)10-13(14(12)17)16(4,5)6;1-15(2,3)11-7-10(9-13(17)18)8-12(14(11)19)16(4,5)6;1-14(2,3)11-7-10(9-20(17,18)19)8-12(13(11)16)15(4,5)6;;;;;;/h12-15,18,28-29H,9-11H2,1-8H3,(H,30,31);12-15,18,27-29H,9-11H2,1-8H3;9-10,20H,7-8H2,1-6H3,(H,18,19);9-10,17H,7-8H2,1-6H3,(H,18,19,20);7-8,19H,9H2,1-6H3,(H,17,18);7-8,16H,9H2,1-6H3,(H,17,18,19);;;;;;/q;;;;;;6*+1/p-6. The van der Waals surface area contributed by atoms with Crippen LogP contribution < -0.4 is 198 Å². The number of carboxylic acids is 3. The van der Waals surface area contributed by atoms with Crippen LogP contribution in [0.3, 0.4) is 0 Å². The molecule has 0 unspecified atom stereocenters. The van der Waals surface area contributed by atoms with Crippen LogP contribution in [0.15, 0.2) is 97.1 Å². The van der Waals surface area contributed by atoms with Crippen LogP contribution in [-0.4, -0.2) is 96.2 Å². The second-order valence-electron chi connectivity index (χ2n) is 50.7. The molecule has 0 amide bonds. The monoisotopic (exact) mass is 2180 g/mol. The Morgan fingerprint density at radius 3 is 0.711 bits per heavy atom. The molecule has 149 heavy (non-hydrogen) atoms. The second kappa shape index (κ2) is 60.2. The van der Waals surface area contributed by atoms with Gasteiger partial charge in [-0.3, -0.25) is 5.04 Å². The maximum Gasteiger partial charge on any atom is 1.00 e. The van der Waals surface area contributed by atoms with Crippen LogP contribution in [0, 0.1) is 27.7 Å². The van der Waals surface area contributed by atoms with Gasteiger partial charge in [0, 0.05) is 59.7 Å². The van der Waals surface area contributed by atoms with Gasteiger partial charge in [0.1, 0.15) is 46.0 Å². The van der Waals surface area contributed by atoms with E-state index in [1.807, 2.05) is 230 Å². The Labute approximate surface area is 1030 Å². The van der Waals surface area contributed by atoms with Crippen LogP contribution in [0.5, 0.6) is 46.0 Å². The van der Waals surface area contributed by atoms with Gasteiger partial charge in [-0.2, -0.15) is 4.33 Å². The first kappa shape index (κ1) is 152. The molecule has 0 bridgehead atoms. The number of hydrogen-bond donors (Lipinski definition) is 8. The minimum Gasteiger partial charge on any atom is -0.748 e. The van der Waals surface area contributed by atoms with Crippen LogP contribution in [-0.2, 0) is 134 Å². The summed E-state index contributed by atoms with van der Waals surface area (Å²) in [6.45, 7) is 80.7. The maximum atomic E-state index is 11.1. The summed E-state index contributed by atoms with van der Waals surface area (Å²) >= 11 is 0.999. The van der Waals surface area contributed by atoms with E-state index in [4.69, 9.17) is 0 Å². The van der Waals surface area contributed by atoms with Crippen LogP contribution in [0.4, 0.5) is 0 Å². The molecule has 0 radical (unpaired) electrons. The summed E-state index contributed by atoms with van der Waals surface area (Å²) in [4.78, 5) is 32.5. The molecule has 32 heteroatoms. The summed E-state index contributed by atoms with van der Waals surface area (Å²) in [5.41, 5.74) is 18.0. The molecular weight excluding hydrogens is 2010 g/mol. The summed E-state index contributed by atoms with van der Waals surface area (Å²) in [7, 11) is -8.59. The van der Waals surface area contributed by atoms with E-state index in [0.717, 1.165) is 136 Å². The van der Waals surface area contributed by atoms with Crippen molar-refractivity contribution >= 4 is 50.2 Å². The Hall–Kier alpha value is -3.38. The van der Waals surface area contributed by atoms with E-state index in [0.29, 0.717) is 64.5 Å². The van der Waals surface area contributed by atoms with Crippen molar-refractivity contribution in [2.75, 3.05) is 11.5 Å². The van der Waals surface area contributed by atoms with E-state index in [9.17, 15) is 102 Å². The first-order valence-corrected chi connectivity index (χ1v) is 53.1. The Bertz CT molecular complexity index is 5710. The number of carboxylic acid groups (broad SMARTS) is 3. The van der Waals surface area contributed by atoms with Crippen molar-refractivity contribution in [1.82, 2.24) is 0 Å². The predicted molar refractivity (Wildman–Crippen MR) is 568 cm³/mol. The first-order valence-electron chi connectivity index (χ1n) is 49.1. The zero-order chi connectivity index (χ0) is 111. The smallest absolute Gasteiger partial charge is 0.748 e. The number of carbonyl (C=O) groups is 3. The normalized spacial score (nSPS) is 12.3. The number of phenols is 8. The molecule has 0 aliphatic rings. The Balaban J connectivity index is -0.000000851. The van der Waals surface area contributed by atoms with Crippen molar-refractivity contribution in [2.45, 2.75) is 417 Å². The third kappa shape index (κ3) is 48.8. The second-order valence-corrected chi connectivity index (χ2v) is 54.4. The number of aromatic hydroxyl groups is 8. The summed E-state index contributed by atoms with van der Waals surface area (Å²) in [6, 6.07) is 29.9. The van der Waals surface area contributed by atoms with Gasteiger partial charge in [0.2, 0.25) is 0 Å². The van der Waals surface area contributed by atoms with Crippen LogP contribution in [0.25, 0.3) is 0 Å². The molecule has 0 saturated carbocycles. The van der Waals surface area contributed by atoms with Gasteiger partial charge in [-0.25, -0.2) is 16.8 Å². The average molecular weight is 2180 g/mol. The molecule has 0 aliphatic carbocycles. The number of carbonyl (C=O) groups excluding carboxylic acids is 3. The van der Waals surface area contributed by atoms with Crippen molar-refractivity contribution in [2.24, 2.45) is 0 Å². The van der Waals surface area contributed by atoms with Crippen LogP contribution in [0.1, 0.15) is 433 Å². The number of hydrogen-bond acceptors (Lipinski definition) is 24. The quantitative estimate of drug-likeness (QED) is 0.0103. The van der Waals surface area contributed by atoms with Gasteiger partial charge in [-0.05, 0) is 302 Å². The molecule has 8 N–H and O–H groups in total. The van der Waals surface area contributed by atoms with Gasteiger partial charge >= 0.3 is 177 Å². The van der Waals surface area contributed by atoms with E-state index in [1.54, 1.807) is 36.4 Å². The summed E-state index contributed by atoms with van der Waals surface area (Å²) in [6.07, 6.45) is 3.21. The van der Waals surface area contributed by atoms with Crippen molar-refractivity contribution in [1.29, 1.82) is 0 Å². The van der Waals surface area contributed by atoms with Crippen molar-refractivity contribution in [3.63, 3.8) is 0 Å². The average Bonchev–Trinajstić information content (AvgIpc) is 0.753. The first-order chi connectivity index (χ1) is 64.2. The Morgan fingerprint density at radius 1 is 0.295 bits per heavy atom. The Morgan fingerprint density at radius 2 is 0.510 bits per heavy atom. The van der Waals surface area contributed by atoms with Crippen LogP contribution >= 0.6 is 12.0 Å². The van der Waals surface area contributed by atoms with E-state index in [-0.39, 0.29) is 309 Å². The minimum atomic E-state index is -4.35. The summed E-state index contributed by atoms with van der Waals surface area (Å²) < 4.78 is 69.9. The molecule has 0 aromatic heterocycles. The zero-order valence-corrected chi connectivity index (χ0v) is 114. The number of rotatable bonds is 24. The number of phenolic OH excluding ortho intramolecular Hbond substituents is 8. The van der Waals surface area contributed by atoms with Crippen molar-refractivity contribution < 1.29 is 288 Å². The molecule has 0 saturated heterocycles. The van der Waals surface area contributed by atoms with E-state index in [1.165, 1.54) is 0 Å². The van der Waals surface area contributed by atoms with Crippen molar-refractivity contribution in [3.8, 4) is 46.0 Å². The molecule has 0 fully saturated rings. The number of benzene rings is 8. The molecule has 0 spiro atoms. The molecule has 0 heterocycles. The molecular formula is C117H170Na6O23S3. The fraction of sp³-hybridized carbons (Fsp3) is 0.564. The third-order valence-electron chi connectivity index (χ3n) is 25.0. The third-order valence-corrected chi connectivity index (χ3v) is 27.0. The maximum absolute atomic E-state index is 11.1. The number of aliphatic carboxylic acids is 3. The molecule has 23 nitrogen and oxygen atoms in total. The number of aryl methyl sites for hydroxylation is 6. The fourth-order valence-electron chi connectivity index (χ4n) is 17.2. The zero-order valence-electron chi connectivity index (χ0n) is 99.3. The van der Waals surface area contributed by atoms with Gasteiger partial charge in [-0.15, -0.1) is 0 Å². The molecule has 8 aromatic rings. The summed E-state index contributed by atoms with van der Waals surface area (Å²) in [5.74, 6) is -1.36. The predicted octanol–water partition coefficient (Wildman–Crippen LogP) is 4.54. The van der Waals surface area contributed by atoms with Gasteiger partial charge < -0.3 is 84.9 Å². The van der Waals surface area contributed by atoms with E-state index >= 15 is 0 Å². The van der Waals surface area contributed by atoms with Gasteiger partial charge in [0.05, 0.1) is 26.0 Å². The molecule has 8 aromatic carbocycles. The largest absolute Gasteiger partial charge is 1.00 e. The van der Waals surface area contributed by atoms with E-state index < -0.39 is 49.6 Å².